The quantitative estimate of drug-likeness (QED) is 0.873. The van der Waals surface area contributed by atoms with E-state index in [2.05, 4.69) is 26.1 Å². The van der Waals surface area contributed by atoms with Gasteiger partial charge in [0.05, 0.1) is 0 Å². The molecule has 3 nitrogen and oxygen atoms in total. The van der Waals surface area contributed by atoms with Crippen LogP contribution in [0.2, 0.25) is 0 Å². The number of nitrogens with two attached hydrogens (primary N) is 1. The molecule has 0 aliphatic heterocycles. The van der Waals surface area contributed by atoms with Crippen molar-refractivity contribution in [2.75, 3.05) is 6.54 Å². The summed E-state index contributed by atoms with van der Waals surface area (Å²) < 4.78 is 0. The van der Waals surface area contributed by atoms with Crippen molar-refractivity contribution in [2.45, 2.75) is 45.1 Å². The van der Waals surface area contributed by atoms with Crippen LogP contribution in [0.25, 0.3) is 0 Å². The maximum Gasteiger partial charge on any atom is 0.251 e. The normalized spacial score (nSPS) is 17.1. The number of hydrogen-bond donors (Lipinski definition) is 2. The van der Waals surface area contributed by atoms with Gasteiger partial charge in [-0.05, 0) is 35.8 Å². The lowest BCUT2D eigenvalue weighted by atomic mass is 9.83. The van der Waals surface area contributed by atoms with Crippen molar-refractivity contribution in [3.63, 3.8) is 0 Å². The number of carbonyl (C=O) groups excluding carboxylic acids is 1. The van der Waals surface area contributed by atoms with Crippen LogP contribution in [0.1, 0.15) is 49.5 Å². The van der Waals surface area contributed by atoms with Crippen LogP contribution in [0.15, 0.2) is 24.3 Å². The summed E-state index contributed by atoms with van der Waals surface area (Å²) in [4.78, 5) is 12.3. The summed E-state index contributed by atoms with van der Waals surface area (Å²) >= 11 is 0. The molecule has 3 heteroatoms. The summed E-state index contributed by atoms with van der Waals surface area (Å²) in [6.45, 7) is 6.93. The summed E-state index contributed by atoms with van der Waals surface area (Å²) in [5.41, 5.74) is 7.82. The topological polar surface area (TPSA) is 55.1 Å². The largest absolute Gasteiger partial charge is 0.350 e. The monoisotopic (exact) mass is 260 g/mol. The van der Waals surface area contributed by atoms with Crippen LogP contribution in [-0.4, -0.2) is 18.5 Å². The molecule has 1 aliphatic carbocycles. The first-order valence-corrected chi connectivity index (χ1v) is 7.03. The van der Waals surface area contributed by atoms with Gasteiger partial charge < -0.3 is 11.1 Å². The first-order chi connectivity index (χ1) is 8.89. The molecule has 1 aliphatic rings. The van der Waals surface area contributed by atoms with Crippen molar-refractivity contribution >= 4 is 5.91 Å². The second kappa shape index (κ2) is 5.33. The fourth-order valence-corrected chi connectivity index (χ4v) is 2.33. The van der Waals surface area contributed by atoms with Gasteiger partial charge in [0.15, 0.2) is 0 Å². The maximum absolute atomic E-state index is 12.3. The summed E-state index contributed by atoms with van der Waals surface area (Å²) in [7, 11) is 0. The highest BCUT2D eigenvalue weighted by atomic mass is 16.1. The smallest absolute Gasteiger partial charge is 0.251 e. The van der Waals surface area contributed by atoms with Crippen LogP contribution in [0.5, 0.6) is 0 Å². The molecular formula is C16H24N2O. The molecule has 0 bridgehead atoms. The number of nitrogens with one attached hydrogen (secondary N) is 1. The Bertz CT molecular complexity index is 458. The molecule has 1 unspecified atom stereocenters. The van der Waals surface area contributed by atoms with Gasteiger partial charge in [-0.25, -0.2) is 0 Å². The summed E-state index contributed by atoms with van der Waals surface area (Å²) in [6, 6.07) is 7.90. The fraction of sp³-hybridized carbons (Fsp3) is 0.562. The fourth-order valence-electron chi connectivity index (χ4n) is 2.33. The molecule has 2 rings (SSSR count). The van der Waals surface area contributed by atoms with E-state index < -0.39 is 0 Å². The van der Waals surface area contributed by atoms with Gasteiger partial charge in [-0.3, -0.25) is 4.79 Å². The average molecular weight is 260 g/mol. The van der Waals surface area contributed by atoms with E-state index in [-0.39, 0.29) is 17.4 Å². The highest BCUT2D eigenvalue weighted by Gasteiger charge is 2.29. The molecule has 0 radical (unpaired) electrons. The molecular weight excluding hydrogens is 236 g/mol. The molecule has 0 spiro atoms. The lowest BCUT2D eigenvalue weighted by Crippen LogP contribution is -2.39. The zero-order chi connectivity index (χ0) is 14.0. The Kier molecular flexibility index (Phi) is 3.95. The second-order valence-electron chi connectivity index (χ2n) is 6.51. The first kappa shape index (κ1) is 14.1. The van der Waals surface area contributed by atoms with E-state index in [4.69, 9.17) is 5.73 Å². The van der Waals surface area contributed by atoms with E-state index in [1.165, 1.54) is 12.8 Å². The predicted molar refractivity (Wildman–Crippen MR) is 78.2 cm³/mol. The van der Waals surface area contributed by atoms with Crippen LogP contribution >= 0.6 is 0 Å². The average Bonchev–Trinajstić information content (AvgIpc) is 3.18. The number of benzene rings is 1. The van der Waals surface area contributed by atoms with Crippen LogP contribution < -0.4 is 11.1 Å². The molecule has 1 saturated carbocycles. The molecule has 1 amide bonds. The third-order valence-electron chi connectivity index (χ3n) is 3.71. The van der Waals surface area contributed by atoms with Gasteiger partial charge in [0, 0.05) is 18.2 Å². The van der Waals surface area contributed by atoms with Gasteiger partial charge in [0.25, 0.3) is 5.91 Å². The van der Waals surface area contributed by atoms with Crippen molar-refractivity contribution in [3.05, 3.63) is 35.4 Å². The molecule has 1 aromatic carbocycles. The molecule has 104 valence electrons. The minimum absolute atomic E-state index is 0.0124. The number of hydrogen-bond acceptors (Lipinski definition) is 2. The predicted octanol–water partition coefficient (Wildman–Crippen LogP) is 2.45. The van der Waals surface area contributed by atoms with Gasteiger partial charge in [0.1, 0.15) is 0 Å². The van der Waals surface area contributed by atoms with E-state index >= 15 is 0 Å². The molecule has 0 saturated heterocycles. The summed E-state index contributed by atoms with van der Waals surface area (Å²) in [6.07, 6.45) is 2.41. The third-order valence-corrected chi connectivity index (χ3v) is 3.71. The Morgan fingerprint density at radius 1 is 1.37 bits per heavy atom. The van der Waals surface area contributed by atoms with Crippen molar-refractivity contribution in [1.29, 1.82) is 0 Å². The van der Waals surface area contributed by atoms with Crippen molar-refractivity contribution in [1.82, 2.24) is 5.32 Å². The Morgan fingerprint density at radius 2 is 2.00 bits per heavy atom. The van der Waals surface area contributed by atoms with Gasteiger partial charge >= 0.3 is 0 Å². The van der Waals surface area contributed by atoms with Gasteiger partial charge in [0.2, 0.25) is 0 Å². The number of amides is 1. The van der Waals surface area contributed by atoms with E-state index in [1.54, 1.807) is 0 Å². The standard InChI is InChI=1S/C16H24N2O/c1-16(2,3)13-7-5-4-6-12(13)15(19)18-10-14(17)11-8-9-11/h4-7,11,14H,8-10,17H2,1-3H3,(H,18,19). The summed E-state index contributed by atoms with van der Waals surface area (Å²) in [5, 5.41) is 2.97. The van der Waals surface area contributed by atoms with Crippen molar-refractivity contribution in [2.24, 2.45) is 11.7 Å². The maximum atomic E-state index is 12.3. The molecule has 19 heavy (non-hydrogen) atoms. The first-order valence-electron chi connectivity index (χ1n) is 7.03. The number of rotatable bonds is 4. The molecule has 3 N–H and O–H groups in total. The molecule has 1 fully saturated rings. The third kappa shape index (κ3) is 3.57. The Balaban J connectivity index is 2.06. The SMILES string of the molecule is CC(C)(C)c1ccccc1C(=O)NCC(N)C1CC1. The Labute approximate surface area is 115 Å². The lowest BCUT2D eigenvalue weighted by Gasteiger charge is -2.22. The van der Waals surface area contributed by atoms with E-state index in [0.29, 0.717) is 12.5 Å². The van der Waals surface area contributed by atoms with Crippen LogP contribution in [0.4, 0.5) is 0 Å². The second-order valence-corrected chi connectivity index (χ2v) is 6.51. The van der Waals surface area contributed by atoms with Crippen LogP contribution in [0.3, 0.4) is 0 Å². The van der Waals surface area contributed by atoms with E-state index in [0.717, 1.165) is 11.1 Å². The van der Waals surface area contributed by atoms with Crippen molar-refractivity contribution < 1.29 is 4.79 Å². The van der Waals surface area contributed by atoms with Crippen LogP contribution in [-0.2, 0) is 5.41 Å². The Hall–Kier alpha value is -1.35. The van der Waals surface area contributed by atoms with Gasteiger partial charge in [-0.2, -0.15) is 0 Å². The van der Waals surface area contributed by atoms with Crippen molar-refractivity contribution in [3.8, 4) is 0 Å². The molecule has 0 aromatic heterocycles. The Morgan fingerprint density at radius 3 is 2.58 bits per heavy atom. The molecule has 1 atom stereocenters. The zero-order valence-electron chi connectivity index (χ0n) is 12.1. The minimum atomic E-state index is -0.0352. The van der Waals surface area contributed by atoms with Crippen LogP contribution in [0, 0.1) is 5.92 Å². The number of carbonyl (C=O) groups is 1. The van der Waals surface area contributed by atoms with E-state index in [9.17, 15) is 4.79 Å². The highest BCUT2D eigenvalue weighted by Crippen LogP contribution is 2.31. The van der Waals surface area contributed by atoms with Gasteiger partial charge in [-0.15, -0.1) is 0 Å². The highest BCUT2D eigenvalue weighted by molar-refractivity contribution is 5.96. The zero-order valence-corrected chi connectivity index (χ0v) is 12.1. The van der Waals surface area contributed by atoms with Gasteiger partial charge in [-0.1, -0.05) is 39.0 Å². The minimum Gasteiger partial charge on any atom is -0.350 e. The van der Waals surface area contributed by atoms with E-state index in [1.807, 2.05) is 24.3 Å². The lowest BCUT2D eigenvalue weighted by molar-refractivity contribution is 0.0948. The summed E-state index contributed by atoms with van der Waals surface area (Å²) in [5.74, 6) is 0.597. The molecule has 1 aromatic rings. The molecule has 0 heterocycles.